The summed E-state index contributed by atoms with van der Waals surface area (Å²) in [5.74, 6) is 0.598. The van der Waals surface area contributed by atoms with E-state index in [0.29, 0.717) is 6.42 Å². The number of benzene rings is 2. The molecule has 0 saturated heterocycles. The Morgan fingerprint density at radius 1 is 1.10 bits per heavy atom. The molecule has 0 aromatic heterocycles. The lowest BCUT2D eigenvalue weighted by atomic mass is 9.91. The number of carbonyl (C=O) groups is 1. The lowest BCUT2D eigenvalue weighted by molar-refractivity contribution is -0.109. The Balaban J connectivity index is 2.31. The van der Waals surface area contributed by atoms with Gasteiger partial charge in [0.1, 0.15) is 12.0 Å². The highest BCUT2D eigenvalue weighted by molar-refractivity contribution is 5.65. The van der Waals surface area contributed by atoms with Crippen molar-refractivity contribution in [1.29, 1.82) is 0 Å². The molecule has 20 heavy (non-hydrogen) atoms. The minimum absolute atomic E-state index is 0.174. The van der Waals surface area contributed by atoms with Gasteiger partial charge in [-0.2, -0.15) is 0 Å². The van der Waals surface area contributed by atoms with E-state index in [0.717, 1.165) is 17.6 Å². The van der Waals surface area contributed by atoms with E-state index in [4.69, 9.17) is 4.74 Å². The summed E-state index contributed by atoms with van der Waals surface area (Å²) in [4.78, 5) is 11.5. The number of carbonyl (C=O) groups excluding carboxylic acids is 1. The second kappa shape index (κ2) is 6.38. The molecule has 2 aromatic rings. The lowest BCUT2D eigenvalue weighted by Gasteiger charge is -2.15. The molecule has 0 saturated carbocycles. The highest BCUT2D eigenvalue weighted by atomic mass is 16.5. The van der Waals surface area contributed by atoms with Crippen LogP contribution < -0.4 is 4.74 Å². The van der Waals surface area contributed by atoms with Crippen molar-refractivity contribution in [2.24, 2.45) is 0 Å². The highest BCUT2D eigenvalue weighted by Gasteiger charge is 2.16. The quantitative estimate of drug-likeness (QED) is 0.770. The first-order valence-electron chi connectivity index (χ1n) is 6.79. The van der Waals surface area contributed by atoms with Gasteiger partial charge in [-0.1, -0.05) is 47.5 Å². The molecule has 1 unspecified atom stereocenters. The fourth-order valence-corrected chi connectivity index (χ4v) is 2.64. The van der Waals surface area contributed by atoms with Crippen LogP contribution in [-0.2, 0) is 11.2 Å². The zero-order chi connectivity index (χ0) is 14.5. The molecule has 0 aliphatic rings. The van der Waals surface area contributed by atoms with Gasteiger partial charge in [-0.3, -0.25) is 0 Å². The zero-order valence-corrected chi connectivity index (χ0v) is 12.2. The summed E-state index contributed by atoms with van der Waals surface area (Å²) in [6, 6.07) is 14.1. The van der Waals surface area contributed by atoms with E-state index in [-0.39, 0.29) is 5.92 Å². The van der Waals surface area contributed by atoms with E-state index in [2.05, 4.69) is 32.0 Å². The standard InChI is InChI=1S/C18H20O2/c1-13-8-14(2)10-15(9-13)11-16(12-19)17-6-4-5-7-18(17)20-3/h4-10,12,16H,11H2,1-3H3. The number of hydrogen-bond donors (Lipinski definition) is 0. The Bertz CT molecular complexity index is 582. The van der Waals surface area contributed by atoms with Crippen LogP contribution in [0.3, 0.4) is 0 Å². The largest absolute Gasteiger partial charge is 0.496 e. The Morgan fingerprint density at radius 3 is 2.35 bits per heavy atom. The van der Waals surface area contributed by atoms with Crippen LogP contribution in [0.15, 0.2) is 42.5 Å². The van der Waals surface area contributed by atoms with Crippen molar-refractivity contribution in [1.82, 2.24) is 0 Å². The van der Waals surface area contributed by atoms with Gasteiger partial charge in [-0.05, 0) is 31.9 Å². The Hall–Kier alpha value is -2.09. The predicted octanol–water partition coefficient (Wildman–Crippen LogP) is 3.84. The second-order valence-corrected chi connectivity index (χ2v) is 5.18. The number of aryl methyl sites for hydroxylation is 2. The second-order valence-electron chi connectivity index (χ2n) is 5.18. The maximum Gasteiger partial charge on any atom is 0.127 e. The van der Waals surface area contributed by atoms with Crippen molar-refractivity contribution in [3.8, 4) is 5.75 Å². The van der Waals surface area contributed by atoms with Crippen molar-refractivity contribution >= 4 is 6.29 Å². The average Bonchev–Trinajstić information content (AvgIpc) is 2.43. The summed E-state index contributed by atoms with van der Waals surface area (Å²) in [6.07, 6.45) is 1.71. The molecule has 2 rings (SSSR count). The molecule has 0 N–H and O–H groups in total. The molecule has 104 valence electrons. The third-order valence-corrected chi connectivity index (χ3v) is 3.44. The summed E-state index contributed by atoms with van der Waals surface area (Å²) in [5, 5.41) is 0. The van der Waals surface area contributed by atoms with Gasteiger partial charge in [0.25, 0.3) is 0 Å². The van der Waals surface area contributed by atoms with E-state index in [9.17, 15) is 4.79 Å². The molecule has 0 amide bonds. The van der Waals surface area contributed by atoms with Gasteiger partial charge in [0, 0.05) is 11.5 Å². The van der Waals surface area contributed by atoms with Gasteiger partial charge >= 0.3 is 0 Å². The first kappa shape index (κ1) is 14.3. The van der Waals surface area contributed by atoms with Gasteiger partial charge in [0.15, 0.2) is 0 Å². The fraction of sp³-hybridized carbons (Fsp3) is 0.278. The lowest BCUT2D eigenvalue weighted by Crippen LogP contribution is -2.06. The van der Waals surface area contributed by atoms with Crippen LogP contribution in [0.4, 0.5) is 0 Å². The zero-order valence-electron chi connectivity index (χ0n) is 12.2. The molecule has 2 heteroatoms. The van der Waals surface area contributed by atoms with Crippen LogP contribution in [0.25, 0.3) is 0 Å². The van der Waals surface area contributed by atoms with Crippen LogP contribution >= 0.6 is 0 Å². The Morgan fingerprint density at radius 2 is 1.75 bits per heavy atom. The maximum atomic E-state index is 11.5. The van der Waals surface area contributed by atoms with Crippen LogP contribution in [0, 0.1) is 13.8 Å². The molecule has 0 aliphatic heterocycles. The molecule has 0 heterocycles. The van der Waals surface area contributed by atoms with Crippen molar-refractivity contribution in [2.45, 2.75) is 26.2 Å². The van der Waals surface area contributed by atoms with Crippen LogP contribution in [0.2, 0.25) is 0 Å². The molecule has 2 aromatic carbocycles. The number of methoxy groups -OCH3 is 1. The summed E-state index contributed by atoms with van der Waals surface area (Å²) in [7, 11) is 1.64. The molecule has 0 radical (unpaired) electrons. The third-order valence-electron chi connectivity index (χ3n) is 3.44. The first-order valence-corrected chi connectivity index (χ1v) is 6.79. The number of aldehydes is 1. The molecular formula is C18H20O2. The molecule has 0 fully saturated rings. The summed E-state index contributed by atoms with van der Waals surface area (Å²) in [5.41, 5.74) is 4.59. The Kier molecular flexibility index (Phi) is 4.57. The topological polar surface area (TPSA) is 26.3 Å². The maximum absolute atomic E-state index is 11.5. The van der Waals surface area contributed by atoms with E-state index < -0.39 is 0 Å². The number of hydrogen-bond acceptors (Lipinski definition) is 2. The van der Waals surface area contributed by atoms with Gasteiger partial charge in [0.2, 0.25) is 0 Å². The normalized spacial score (nSPS) is 11.9. The van der Waals surface area contributed by atoms with E-state index in [1.165, 1.54) is 16.7 Å². The van der Waals surface area contributed by atoms with Crippen molar-refractivity contribution in [2.75, 3.05) is 7.11 Å². The fourth-order valence-electron chi connectivity index (χ4n) is 2.64. The van der Waals surface area contributed by atoms with E-state index in [1.807, 2.05) is 24.3 Å². The molecule has 2 nitrogen and oxygen atoms in total. The Labute approximate surface area is 120 Å². The van der Waals surface area contributed by atoms with Crippen molar-refractivity contribution in [3.05, 3.63) is 64.7 Å². The van der Waals surface area contributed by atoms with Gasteiger partial charge in [-0.15, -0.1) is 0 Å². The molecule has 0 aliphatic carbocycles. The van der Waals surface area contributed by atoms with Gasteiger partial charge in [-0.25, -0.2) is 0 Å². The van der Waals surface area contributed by atoms with Crippen molar-refractivity contribution in [3.63, 3.8) is 0 Å². The smallest absolute Gasteiger partial charge is 0.127 e. The van der Waals surface area contributed by atoms with Crippen LogP contribution in [0.1, 0.15) is 28.2 Å². The van der Waals surface area contributed by atoms with E-state index >= 15 is 0 Å². The number of ether oxygens (including phenoxy) is 1. The minimum Gasteiger partial charge on any atom is -0.496 e. The third kappa shape index (κ3) is 3.27. The number of rotatable bonds is 5. The van der Waals surface area contributed by atoms with Crippen molar-refractivity contribution < 1.29 is 9.53 Å². The number of para-hydroxylation sites is 1. The first-order chi connectivity index (χ1) is 9.63. The monoisotopic (exact) mass is 268 g/mol. The predicted molar refractivity (Wildman–Crippen MR) is 81.4 cm³/mol. The van der Waals surface area contributed by atoms with Gasteiger partial charge < -0.3 is 9.53 Å². The molecule has 1 atom stereocenters. The molecular weight excluding hydrogens is 248 g/mol. The summed E-state index contributed by atoms with van der Waals surface area (Å²) in [6.45, 7) is 4.16. The SMILES string of the molecule is COc1ccccc1C(C=O)Cc1cc(C)cc(C)c1. The van der Waals surface area contributed by atoms with E-state index in [1.54, 1.807) is 7.11 Å². The van der Waals surface area contributed by atoms with Gasteiger partial charge in [0.05, 0.1) is 7.11 Å². The minimum atomic E-state index is -0.174. The molecule has 0 spiro atoms. The molecule has 0 bridgehead atoms. The van der Waals surface area contributed by atoms with Crippen LogP contribution in [0.5, 0.6) is 5.75 Å². The summed E-state index contributed by atoms with van der Waals surface area (Å²) < 4.78 is 5.35. The van der Waals surface area contributed by atoms with Crippen LogP contribution in [-0.4, -0.2) is 13.4 Å². The average molecular weight is 268 g/mol. The highest BCUT2D eigenvalue weighted by Crippen LogP contribution is 2.28. The summed E-state index contributed by atoms with van der Waals surface area (Å²) >= 11 is 0.